The number of rotatable bonds is 3. The highest BCUT2D eigenvalue weighted by Gasteiger charge is 2.29. The van der Waals surface area contributed by atoms with Gasteiger partial charge in [-0.3, -0.25) is 14.9 Å². The number of urea groups is 1. The van der Waals surface area contributed by atoms with Crippen molar-refractivity contribution in [2.75, 3.05) is 58.3 Å². The molecule has 0 bridgehead atoms. The topological polar surface area (TPSA) is 90.2 Å². The molecule has 9 nitrogen and oxygen atoms in total. The van der Waals surface area contributed by atoms with Gasteiger partial charge in [-0.25, -0.2) is 4.79 Å². The van der Waals surface area contributed by atoms with Crippen LogP contribution in [-0.4, -0.2) is 84.9 Å². The van der Waals surface area contributed by atoms with Crippen LogP contribution in [0.15, 0.2) is 18.2 Å². The quantitative estimate of drug-likeness (QED) is 0.583. The Balaban J connectivity index is 1.64. The van der Waals surface area contributed by atoms with Gasteiger partial charge in [-0.2, -0.15) is 0 Å². The van der Waals surface area contributed by atoms with Gasteiger partial charge in [0.1, 0.15) is 5.69 Å². The first kappa shape index (κ1) is 19.9. The summed E-state index contributed by atoms with van der Waals surface area (Å²) >= 11 is 0. The number of nitro groups is 1. The van der Waals surface area contributed by atoms with Crippen molar-refractivity contribution in [2.45, 2.75) is 19.3 Å². The van der Waals surface area contributed by atoms with Crippen LogP contribution in [0.1, 0.15) is 29.6 Å². The number of anilines is 1. The number of likely N-dealkylation sites (tertiary alicyclic amines) is 1. The van der Waals surface area contributed by atoms with Crippen molar-refractivity contribution < 1.29 is 14.5 Å². The zero-order valence-electron chi connectivity index (χ0n) is 16.5. The largest absolute Gasteiger partial charge is 0.372 e. The lowest BCUT2D eigenvalue weighted by molar-refractivity contribution is -0.384. The Bertz CT molecular complexity index is 753. The Labute approximate surface area is 164 Å². The molecule has 2 heterocycles. The average molecular weight is 389 g/mol. The molecule has 152 valence electrons. The van der Waals surface area contributed by atoms with Gasteiger partial charge in [-0.15, -0.1) is 0 Å². The maximum Gasteiger partial charge on any atom is 0.320 e. The van der Waals surface area contributed by atoms with Crippen LogP contribution in [0.2, 0.25) is 0 Å². The summed E-state index contributed by atoms with van der Waals surface area (Å²) in [4.78, 5) is 43.3. The molecule has 0 N–H and O–H groups in total. The predicted molar refractivity (Wildman–Crippen MR) is 106 cm³/mol. The van der Waals surface area contributed by atoms with E-state index in [-0.39, 0.29) is 17.6 Å². The summed E-state index contributed by atoms with van der Waals surface area (Å²) in [5.74, 6) is -0.238. The lowest BCUT2D eigenvalue weighted by atomic mass is 10.1. The Morgan fingerprint density at radius 1 is 0.929 bits per heavy atom. The second-order valence-corrected chi connectivity index (χ2v) is 7.46. The Kier molecular flexibility index (Phi) is 6.01. The van der Waals surface area contributed by atoms with E-state index in [2.05, 4.69) is 0 Å². The molecule has 2 saturated heterocycles. The summed E-state index contributed by atoms with van der Waals surface area (Å²) in [7, 11) is 3.45. The van der Waals surface area contributed by atoms with Gasteiger partial charge in [-0.1, -0.05) is 0 Å². The standard InChI is InChI=1S/C19H27N5O4/c1-20(2)16-7-6-15(14-17(16)24(27)28)18(25)21-10-12-23(13-11-21)19(26)22-8-4-3-5-9-22/h6-7,14H,3-5,8-13H2,1-2H3. The average Bonchev–Trinajstić information content (AvgIpc) is 2.73. The maximum absolute atomic E-state index is 12.8. The number of carbonyl (C=O) groups is 2. The maximum atomic E-state index is 12.8. The summed E-state index contributed by atoms with van der Waals surface area (Å²) in [6, 6.07) is 4.61. The molecule has 0 radical (unpaired) electrons. The molecule has 0 spiro atoms. The molecule has 0 unspecified atom stereocenters. The van der Waals surface area contributed by atoms with E-state index in [1.165, 1.54) is 12.5 Å². The highest BCUT2D eigenvalue weighted by Crippen LogP contribution is 2.28. The predicted octanol–water partition coefficient (Wildman–Crippen LogP) is 2.02. The molecule has 0 saturated carbocycles. The number of nitrogens with zero attached hydrogens (tertiary/aromatic N) is 5. The van der Waals surface area contributed by atoms with Gasteiger partial charge in [0.05, 0.1) is 4.92 Å². The fourth-order valence-electron chi connectivity index (χ4n) is 3.75. The van der Waals surface area contributed by atoms with Crippen molar-refractivity contribution in [3.8, 4) is 0 Å². The number of amides is 3. The monoisotopic (exact) mass is 389 g/mol. The first-order valence-corrected chi connectivity index (χ1v) is 9.67. The summed E-state index contributed by atoms with van der Waals surface area (Å²) in [5.41, 5.74) is 0.668. The Morgan fingerprint density at radius 2 is 1.50 bits per heavy atom. The Morgan fingerprint density at radius 3 is 2.07 bits per heavy atom. The van der Waals surface area contributed by atoms with Crippen LogP contribution in [0.5, 0.6) is 0 Å². The Hall–Kier alpha value is -2.84. The molecule has 0 aliphatic carbocycles. The van der Waals surface area contributed by atoms with Gasteiger partial charge >= 0.3 is 6.03 Å². The second kappa shape index (κ2) is 8.45. The minimum atomic E-state index is -0.471. The molecule has 2 aliphatic rings. The minimum absolute atomic E-state index is 0.0535. The highest BCUT2D eigenvalue weighted by atomic mass is 16.6. The van der Waals surface area contributed by atoms with Gasteiger partial charge in [0.2, 0.25) is 0 Å². The van der Waals surface area contributed by atoms with Gasteiger partial charge in [0.25, 0.3) is 11.6 Å². The molecule has 1 aromatic rings. The van der Waals surface area contributed by atoms with E-state index in [0.29, 0.717) is 37.4 Å². The minimum Gasteiger partial charge on any atom is -0.372 e. The molecule has 9 heteroatoms. The van der Waals surface area contributed by atoms with Crippen molar-refractivity contribution in [3.63, 3.8) is 0 Å². The molecular weight excluding hydrogens is 362 g/mol. The molecule has 2 aliphatic heterocycles. The molecule has 1 aromatic carbocycles. The van der Waals surface area contributed by atoms with Crippen LogP contribution >= 0.6 is 0 Å². The number of hydrogen-bond donors (Lipinski definition) is 0. The lowest BCUT2D eigenvalue weighted by Gasteiger charge is -2.38. The highest BCUT2D eigenvalue weighted by molar-refractivity contribution is 5.96. The van der Waals surface area contributed by atoms with E-state index in [4.69, 9.17) is 0 Å². The van der Waals surface area contributed by atoms with E-state index < -0.39 is 4.92 Å². The van der Waals surface area contributed by atoms with Crippen LogP contribution in [0.3, 0.4) is 0 Å². The van der Waals surface area contributed by atoms with Crippen molar-refractivity contribution in [1.29, 1.82) is 0 Å². The van der Waals surface area contributed by atoms with Crippen LogP contribution in [0.4, 0.5) is 16.2 Å². The number of carbonyl (C=O) groups excluding carboxylic acids is 2. The number of piperidine rings is 1. The third kappa shape index (κ3) is 4.18. The molecule has 2 fully saturated rings. The van der Waals surface area contributed by atoms with E-state index in [1.807, 2.05) is 4.90 Å². The van der Waals surface area contributed by atoms with Crippen LogP contribution < -0.4 is 4.90 Å². The normalized spacial score (nSPS) is 17.4. The van der Waals surface area contributed by atoms with Crippen LogP contribution in [-0.2, 0) is 0 Å². The summed E-state index contributed by atoms with van der Waals surface area (Å²) in [6.07, 6.45) is 3.27. The second-order valence-electron chi connectivity index (χ2n) is 7.46. The van der Waals surface area contributed by atoms with Gasteiger partial charge in [0.15, 0.2) is 0 Å². The fraction of sp³-hybridized carbons (Fsp3) is 0.579. The van der Waals surface area contributed by atoms with Crippen molar-refractivity contribution in [3.05, 3.63) is 33.9 Å². The number of nitro benzene ring substituents is 1. The number of piperazine rings is 1. The third-order valence-corrected chi connectivity index (χ3v) is 5.36. The van der Waals surface area contributed by atoms with Crippen LogP contribution in [0.25, 0.3) is 0 Å². The fourth-order valence-corrected chi connectivity index (χ4v) is 3.75. The van der Waals surface area contributed by atoms with E-state index in [0.717, 1.165) is 25.9 Å². The van der Waals surface area contributed by atoms with E-state index in [1.54, 1.807) is 40.9 Å². The summed E-state index contributed by atoms with van der Waals surface area (Å²) in [5, 5.41) is 11.4. The summed E-state index contributed by atoms with van der Waals surface area (Å²) < 4.78 is 0. The van der Waals surface area contributed by atoms with Crippen molar-refractivity contribution >= 4 is 23.3 Å². The smallest absolute Gasteiger partial charge is 0.320 e. The molecular formula is C19H27N5O4. The molecule has 3 amide bonds. The molecule has 0 aromatic heterocycles. The first-order chi connectivity index (χ1) is 13.4. The lowest BCUT2D eigenvalue weighted by Crippen LogP contribution is -2.54. The molecule has 3 rings (SSSR count). The SMILES string of the molecule is CN(C)c1ccc(C(=O)N2CCN(C(=O)N3CCCCC3)CC2)cc1[N+](=O)[O-]. The number of benzene rings is 1. The zero-order chi connectivity index (χ0) is 20.3. The van der Waals surface area contributed by atoms with Crippen molar-refractivity contribution in [2.24, 2.45) is 0 Å². The van der Waals surface area contributed by atoms with Gasteiger partial charge in [0, 0.05) is 65.0 Å². The first-order valence-electron chi connectivity index (χ1n) is 9.67. The third-order valence-electron chi connectivity index (χ3n) is 5.36. The van der Waals surface area contributed by atoms with Crippen LogP contribution in [0, 0.1) is 10.1 Å². The molecule has 28 heavy (non-hydrogen) atoms. The van der Waals surface area contributed by atoms with Gasteiger partial charge < -0.3 is 19.6 Å². The van der Waals surface area contributed by atoms with E-state index >= 15 is 0 Å². The van der Waals surface area contributed by atoms with E-state index in [9.17, 15) is 19.7 Å². The van der Waals surface area contributed by atoms with Crippen molar-refractivity contribution in [1.82, 2.24) is 14.7 Å². The number of hydrogen-bond acceptors (Lipinski definition) is 5. The summed E-state index contributed by atoms with van der Waals surface area (Å²) in [6.45, 7) is 3.45. The zero-order valence-corrected chi connectivity index (χ0v) is 16.5. The molecule has 0 atom stereocenters. The van der Waals surface area contributed by atoms with Gasteiger partial charge in [-0.05, 0) is 31.4 Å².